The van der Waals surface area contributed by atoms with E-state index in [1.54, 1.807) is 13.2 Å². The normalized spacial score (nSPS) is 9.71. The van der Waals surface area contributed by atoms with Gasteiger partial charge in [0, 0.05) is 18.3 Å². The molecule has 2 aromatic rings. The summed E-state index contributed by atoms with van der Waals surface area (Å²) >= 11 is 0. The van der Waals surface area contributed by atoms with Crippen LogP contribution in [0.1, 0.15) is 21.6 Å². The van der Waals surface area contributed by atoms with Crippen LogP contribution in [0.2, 0.25) is 0 Å². The Kier molecular flexibility index (Phi) is 4.89. The molecule has 1 amide bonds. The lowest BCUT2D eigenvalue weighted by Crippen LogP contribution is -2.25. The van der Waals surface area contributed by atoms with Crippen molar-refractivity contribution in [2.45, 2.75) is 6.42 Å². The van der Waals surface area contributed by atoms with Gasteiger partial charge in [0.25, 0.3) is 5.91 Å². The molecule has 5 nitrogen and oxygen atoms in total. The molecule has 1 N–H and O–H groups in total. The Balaban J connectivity index is 1.90. The molecule has 1 heterocycles. The van der Waals surface area contributed by atoms with Crippen molar-refractivity contribution in [2.24, 2.45) is 0 Å². The lowest BCUT2D eigenvalue weighted by atomic mass is 10.1. The van der Waals surface area contributed by atoms with Crippen molar-refractivity contribution in [1.82, 2.24) is 10.3 Å². The zero-order chi connectivity index (χ0) is 15.1. The molecule has 2 rings (SSSR count). The highest BCUT2D eigenvalue weighted by Crippen LogP contribution is 2.12. The lowest BCUT2D eigenvalue weighted by Gasteiger charge is -2.07. The van der Waals surface area contributed by atoms with E-state index in [9.17, 15) is 4.79 Å². The Morgan fingerprint density at radius 2 is 2.24 bits per heavy atom. The number of benzene rings is 1. The monoisotopic (exact) mass is 281 g/mol. The number of pyridine rings is 1. The number of rotatable bonds is 5. The number of ether oxygens (including phenoxy) is 1. The summed E-state index contributed by atoms with van der Waals surface area (Å²) < 4.78 is 5.15. The minimum Gasteiger partial charge on any atom is -0.497 e. The number of methoxy groups -OCH3 is 1. The highest BCUT2D eigenvalue weighted by molar-refractivity contribution is 5.94. The van der Waals surface area contributed by atoms with Crippen molar-refractivity contribution in [1.29, 1.82) is 5.26 Å². The number of nitrogens with one attached hydrogen (secondary N) is 1. The molecule has 0 aliphatic rings. The third-order valence-electron chi connectivity index (χ3n) is 2.97. The SMILES string of the molecule is COc1cccc(CCNC(=O)c2ccnc(C#N)c2)c1. The number of amides is 1. The molecule has 106 valence electrons. The van der Waals surface area contributed by atoms with E-state index in [4.69, 9.17) is 10.00 Å². The summed E-state index contributed by atoms with van der Waals surface area (Å²) in [5.74, 6) is 0.586. The average Bonchev–Trinajstić information content (AvgIpc) is 2.55. The topological polar surface area (TPSA) is 75.0 Å². The largest absolute Gasteiger partial charge is 0.497 e. The van der Waals surface area contributed by atoms with Crippen LogP contribution in [0, 0.1) is 11.3 Å². The molecule has 0 spiro atoms. The van der Waals surface area contributed by atoms with Crippen LogP contribution in [0.15, 0.2) is 42.6 Å². The van der Waals surface area contributed by atoms with Crippen LogP contribution in [-0.2, 0) is 6.42 Å². The van der Waals surface area contributed by atoms with Crippen molar-refractivity contribution in [3.05, 3.63) is 59.4 Å². The van der Waals surface area contributed by atoms with Gasteiger partial charge in [-0.25, -0.2) is 4.98 Å². The lowest BCUT2D eigenvalue weighted by molar-refractivity contribution is 0.0954. The number of hydrogen-bond acceptors (Lipinski definition) is 4. The molecule has 1 aromatic heterocycles. The maximum absolute atomic E-state index is 12.0. The molecular weight excluding hydrogens is 266 g/mol. The number of hydrogen-bond donors (Lipinski definition) is 1. The first kappa shape index (κ1) is 14.5. The minimum absolute atomic E-state index is 0.211. The summed E-state index contributed by atoms with van der Waals surface area (Å²) in [5, 5.41) is 11.6. The molecule has 0 aliphatic heterocycles. The number of nitrogens with zero attached hydrogens (tertiary/aromatic N) is 2. The third kappa shape index (κ3) is 4.05. The van der Waals surface area contributed by atoms with Crippen LogP contribution in [0.4, 0.5) is 0 Å². The highest BCUT2D eigenvalue weighted by atomic mass is 16.5. The molecule has 0 unspecified atom stereocenters. The summed E-state index contributed by atoms with van der Waals surface area (Å²) in [6.07, 6.45) is 2.16. The Labute approximate surface area is 123 Å². The summed E-state index contributed by atoms with van der Waals surface area (Å²) in [4.78, 5) is 15.8. The average molecular weight is 281 g/mol. The minimum atomic E-state index is -0.211. The van der Waals surface area contributed by atoms with Gasteiger partial charge in [0.05, 0.1) is 7.11 Å². The maximum atomic E-state index is 12.0. The second kappa shape index (κ2) is 7.06. The fraction of sp³-hybridized carbons (Fsp3) is 0.188. The molecule has 21 heavy (non-hydrogen) atoms. The molecule has 5 heteroatoms. The Bertz CT molecular complexity index is 677. The molecule has 0 atom stereocenters. The van der Waals surface area contributed by atoms with Gasteiger partial charge in [0.1, 0.15) is 17.5 Å². The fourth-order valence-corrected chi connectivity index (χ4v) is 1.88. The predicted octanol–water partition coefficient (Wildman–Crippen LogP) is 1.93. The van der Waals surface area contributed by atoms with E-state index in [-0.39, 0.29) is 11.6 Å². The maximum Gasteiger partial charge on any atom is 0.251 e. The van der Waals surface area contributed by atoms with Gasteiger partial charge < -0.3 is 10.1 Å². The summed E-state index contributed by atoms with van der Waals surface area (Å²) in [6.45, 7) is 0.510. The smallest absolute Gasteiger partial charge is 0.251 e. The molecule has 0 aliphatic carbocycles. The second-order valence-corrected chi connectivity index (χ2v) is 4.40. The van der Waals surface area contributed by atoms with Gasteiger partial charge in [-0.2, -0.15) is 5.26 Å². The number of carbonyl (C=O) groups excluding carboxylic acids is 1. The number of nitriles is 1. The van der Waals surface area contributed by atoms with E-state index in [2.05, 4.69) is 10.3 Å². The van der Waals surface area contributed by atoms with Crippen molar-refractivity contribution in [3.8, 4) is 11.8 Å². The molecular formula is C16H15N3O2. The summed E-state index contributed by atoms with van der Waals surface area (Å²) in [5.41, 5.74) is 1.75. The van der Waals surface area contributed by atoms with E-state index in [1.807, 2.05) is 30.3 Å². The highest BCUT2D eigenvalue weighted by Gasteiger charge is 2.06. The molecule has 0 saturated carbocycles. The third-order valence-corrected chi connectivity index (χ3v) is 2.97. The molecule has 0 saturated heterocycles. The van der Waals surface area contributed by atoms with Crippen LogP contribution >= 0.6 is 0 Å². The first-order chi connectivity index (χ1) is 10.2. The van der Waals surface area contributed by atoms with Gasteiger partial charge in [0.2, 0.25) is 0 Å². The van der Waals surface area contributed by atoms with Crippen LogP contribution in [-0.4, -0.2) is 24.5 Å². The zero-order valence-corrected chi connectivity index (χ0v) is 11.7. The number of aromatic nitrogens is 1. The van der Waals surface area contributed by atoms with Crippen molar-refractivity contribution < 1.29 is 9.53 Å². The molecule has 0 radical (unpaired) electrons. The first-order valence-electron chi connectivity index (χ1n) is 6.50. The summed E-state index contributed by atoms with van der Waals surface area (Å²) in [7, 11) is 1.62. The van der Waals surface area contributed by atoms with Crippen molar-refractivity contribution >= 4 is 5.91 Å². The Morgan fingerprint density at radius 1 is 1.38 bits per heavy atom. The van der Waals surface area contributed by atoms with Crippen molar-refractivity contribution in [2.75, 3.05) is 13.7 Å². The van der Waals surface area contributed by atoms with Gasteiger partial charge in [-0.15, -0.1) is 0 Å². The van der Waals surface area contributed by atoms with Crippen molar-refractivity contribution in [3.63, 3.8) is 0 Å². The van der Waals surface area contributed by atoms with E-state index < -0.39 is 0 Å². The quantitative estimate of drug-likeness (QED) is 0.908. The first-order valence-corrected chi connectivity index (χ1v) is 6.50. The van der Waals surface area contributed by atoms with Crippen LogP contribution in [0.5, 0.6) is 5.75 Å². The van der Waals surface area contributed by atoms with Gasteiger partial charge in [0.15, 0.2) is 0 Å². The Morgan fingerprint density at radius 3 is 3.00 bits per heavy atom. The molecule has 0 bridgehead atoms. The van der Waals surface area contributed by atoms with Gasteiger partial charge >= 0.3 is 0 Å². The predicted molar refractivity (Wildman–Crippen MR) is 78.0 cm³/mol. The van der Waals surface area contributed by atoms with Crippen LogP contribution in [0.3, 0.4) is 0 Å². The van der Waals surface area contributed by atoms with E-state index in [1.165, 1.54) is 12.3 Å². The fourth-order valence-electron chi connectivity index (χ4n) is 1.88. The van der Waals surface area contributed by atoms with Gasteiger partial charge in [-0.05, 0) is 36.2 Å². The molecule has 1 aromatic carbocycles. The Hall–Kier alpha value is -2.87. The van der Waals surface area contributed by atoms with Gasteiger partial charge in [-0.3, -0.25) is 4.79 Å². The zero-order valence-electron chi connectivity index (χ0n) is 11.7. The van der Waals surface area contributed by atoms with E-state index >= 15 is 0 Å². The van der Waals surface area contributed by atoms with Crippen LogP contribution < -0.4 is 10.1 Å². The van der Waals surface area contributed by atoms with Gasteiger partial charge in [-0.1, -0.05) is 12.1 Å². The summed E-state index contributed by atoms with van der Waals surface area (Å²) in [6, 6.07) is 12.7. The molecule has 0 fully saturated rings. The van der Waals surface area contributed by atoms with Crippen LogP contribution in [0.25, 0.3) is 0 Å². The van der Waals surface area contributed by atoms with E-state index in [0.717, 1.165) is 11.3 Å². The number of carbonyl (C=O) groups is 1. The standard InChI is InChI=1S/C16H15N3O2/c1-21-15-4-2-3-12(9-15)5-7-19-16(20)13-6-8-18-14(10-13)11-17/h2-4,6,8-10H,5,7H2,1H3,(H,19,20). The second-order valence-electron chi connectivity index (χ2n) is 4.40. The van der Waals surface area contributed by atoms with E-state index in [0.29, 0.717) is 18.5 Å².